The Labute approximate surface area is 95.7 Å². The summed E-state index contributed by atoms with van der Waals surface area (Å²) in [4.78, 5) is 14.0. The molecule has 2 aromatic rings. The molecule has 0 fully saturated rings. The molecule has 2 heterocycles. The Morgan fingerprint density at radius 2 is 2.06 bits per heavy atom. The van der Waals surface area contributed by atoms with E-state index in [-0.39, 0.29) is 5.00 Å². The van der Waals surface area contributed by atoms with Gasteiger partial charge in [-0.3, -0.25) is 20.2 Å². The molecule has 0 bridgehead atoms. The predicted octanol–water partition coefficient (Wildman–Crippen LogP) is 2.34. The Balaban J connectivity index is 2.24. The molecule has 0 aromatic carbocycles. The molecular weight excluding hydrogens is 228 g/mol. The van der Waals surface area contributed by atoms with Crippen LogP contribution in [0.2, 0.25) is 0 Å². The van der Waals surface area contributed by atoms with E-state index in [1.807, 2.05) is 30.7 Å². The van der Waals surface area contributed by atoms with Crippen LogP contribution >= 0.6 is 11.3 Å². The van der Waals surface area contributed by atoms with Crippen molar-refractivity contribution in [3.63, 3.8) is 0 Å². The predicted molar refractivity (Wildman–Crippen MR) is 61.7 cm³/mol. The Hall–Kier alpha value is -1.89. The Morgan fingerprint density at radius 1 is 1.44 bits per heavy atom. The monoisotopic (exact) mass is 238 g/mol. The minimum absolute atomic E-state index is 0.0324. The molecule has 0 spiro atoms. The summed E-state index contributed by atoms with van der Waals surface area (Å²) in [5, 5.41) is 11.0. The van der Waals surface area contributed by atoms with Crippen LogP contribution < -0.4 is 5.43 Å². The van der Waals surface area contributed by atoms with Crippen LogP contribution in [-0.4, -0.2) is 14.6 Å². The van der Waals surface area contributed by atoms with Crippen LogP contribution in [0.3, 0.4) is 0 Å². The highest BCUT2D eigenvalue weighted by atomic mass is 32.1. The zero-order valence-electron chi connectivity index (χ0n) is 8.80. The Morgan fingerprint density at radius 3 is 2.56 bits per heavy atom. The van der Waals surface area contributed by atoms with Gasteiger partial charge >= 0.3 is 5.00 Å². The molecule has 0 saturated heterocycles. The molecule has 1 N–H and O–H groups in total. The molecule has 2 aromatic heterocycles. The van der Waals surface area contributed by atoms with Crippen molar-refractivity contribution in [3.05, 3.63) is 39.8 Å². The SMILES string of the molecule is Cc1ccc(C)n1Nc1ncc([N+](=O)[O-])s1. The van der Waals surface area contributed by atoms with Crippen molar-refractivity contribution in [1.82, 2.24) is 9.66 Å². The fourth-order valence-electron chi connectivity index (χ4n) is 1.34. The molecule has 0 aliphatic heterocycles. The second-order valence-corrected chi connectivity index (χ2v) is 4.33. The van der Waals surface area contributed by atoms with Crippen molar-refractivity contribution in [1.29, 1.82) is 0 Å². The molecule has 0 aliphatic carbocycles. The molecule has 0 saturated carbocycles. The lowest BCUT2D eigenvalue weighted by molar-refractivity contribution is -0.380. The lowest BCUT2D eigenvalue weighted by Crippen LogP contribution is -2.11. The van der Waals surface area contributed by atoms with Crippen LogP contribution in [0.5, 0.6) is 0 Å². The Kier molecular flexibility index (Phi) is 2.61. The summed E-state index contributed by atoms with van der Waals surface area (Å²) < 4.78 is 1.84. The quantitative estimate of drug-likeness (QED) is 0.658. The van der Waals surface area contributed by atoms with Crippen molar-refractivity contribution in [2.24, 2.45) is 0 Å². The first-order valence-electron chi connectivity index (χ1n) is 4.60. The van der Waals surface area contributed by atoms with Gasteiger partial charge in [0.05, 0.1) is 4.92 Å². The first kappa shape index (κ1) is 10.6. The van der Waals surface area contributed by atoms with E-state index in [1.54, 1.807) is 0 Å². The molecule has 2 rings (SSSR count). The lowest BCUT2D eigenvalue weighted by atomic mass is 10.5. The van der Waals surface area contributed by atoms with E-state index in [1.165, 1.54) is 6.20 Å². The number of aromatic nitrogens is 2. The molecule has 0 radical (unpaired) electrons. The van der Waals surface area contributed by atoms with Gasteiger partial charge in [-0.15, -0.1) is 0 Å². The van der Waals surface area contributed by atoms with Crippen molar-refractivity contribution in [3.8, 4) is 0 Å². The van der Waals surface area contributed by atoms with Gasteiger partial charge in [0.25, 0.3) is 0 Å². The number of nitrogens with one attached hydrogen (secondary N) is 1. The van der Waals surface area contributed by atoms with Crippen LogP contribution in [0.15, 0.2) is 18.3 Å². The van der Waals surface area contributed by atoms with Crippen molar-refractivity contribution in [2.75, 3.05) is 5.43 Å². The zero-order valence-corrected chi connectivity index (χ0v) is 9.61. The van der Waals surface area contributed by atoms with Crippen LogP contribution in [0.1, 0.15) is 11.4 Å². The van der Waals surface area contributed by atoms with Crippen molar-refractivity contribution in [2.45, 2.75) is 13.8 Å². The van der Waals surface area contributed by atoms with E-state index in [4.69, 9.17) is 0 Å². The molecule has 0 atom stereocenters. The topological polar surface area (TPSA) is 73.0 Å². The second-order valence-electron chi connectivity index (χ2n) is 3.32. The van der Waals surface area contributed by atoms with E-state index in [0.29, 0.717) is 5.13 Å². The summed E-state index contributed by atoms with van der Waals surface area (Å²) in [6.07, 6.45) is 1.25. The van der Waals surface area contributed by atoms with Gasteiger partial charge in [-0.05, 0) is 37.3 Å². The minimum Gasteiger partial charge on any atom is -0.269 e. The molecule has 0 aliphatic rings. The average molecular weight is 238 g/mol. The highest BCUT2D eigenvalue weighted by Crippen LogP contribution is 2.25. The molecule has 0 amide bonds. The first-order valence-corrected chi connectivity index (χ1v) is 5.42. The molecule has 0 unspecified atom stereocenters. The minimum atomic E-state index is -0.446. The zero-order chi connectivity index (χ0) is 11.7. The summed E-state index contributed by atoms with van der Waals surface area (Å²) in [6.45, 7) is 3.89. The van der Waals surface area contributed by atoms with Crippen molar-refractivity contribution >= 4 is 21.5 Å². The maximum Gasteiger partial charge on any atom is 0.345 e. The number of hydrogen-bond acceptors (Lipinski definition) is 5. The van der Waals surface area contributed by atoms with Gasteiger partial charge in [0.2, 0.25) is 5.13 Å². The third kappa shape index (κ3) is 1.89. The van der Waals surface area contributed by atoms with Gasteiger partial charge in [0.15, 0.2) is 0 Å². The largest absolute Gasteiger partial charge is 0.345 e. The maximum absolute atomic E-state index is 10.5. The second kappa shape index (κ2) is 3.93. The van der Waals surface area contributed by atoms with Crippen molar-refractivity contribution < 1.29 is 4.92 Å². The van der Waals surface area contributed by atoms with Crippen LogP contribution in [0.25, 0.3) is 0 Å². The summed E-state index contributed by atoms with van der Waals surface area (Å²) in [5.74, 6) is 0. The van der Waals surface area contributed by atoms with Crippen LogP contribution in [0.4, 0.5) is 10.1 Å². The summed E-state index contributed by atoms with van der Waals surface area (Å²) in [6, 6.07) is 3.93. The van der Waals surface area contributed by atoms with Gasteiger partial charge in [-0.25, -0.2) is 4.98 Å². The standard InChI is InChI=1S/C9H10N4O2S/c1-6-3-4-7(2)12(6)11-9-10-5-8(16-9)13(14)15/h3-5H,1-2H3,(H,10,11). The van der Waals surface area contributed by atoms with E-state index in [2.05, 4.69) is 10.4 Å². The van der Waals surface area contributed by atoms with Crippen LogP contribution in [-0.2, 0) is 0 Å². The average Bonchev–Trinajstić information content (AvgIpc) is 2.80. The Bertz CT molecular complexity index is 512. The van der Waals surface area contributed by atoms with Gasteiger partial charge < -0.3 is 0 Å². The highest BCUT2D eigenvalue weighted by molar-refractivity contribution is 7.18. The molecule has 6 nitrogen and oxygen atoms in total. The molecule has 84 valence electrons. The third-order valence-electron chi connectivity index (χ3n) is 2.15. The van der Waals surface area contributed by atoms with Gasteiger partial charge in [-0.2, -0.15) is 0 Å². The summed E-state index contributed by atoms with van der Waals surface area (Å²) >= 11 is 1.01. The van der Waals surface area contributed by atoms with Gasteiger partial charge in [-0.1, -0.05) is 0 Å². The third-order valence-corrected chi connectivity index (χ3v) is 3.01. The fraction of sp³-hybridized carbons (Fsp3) is 0.222. The smallest absolute Gasteiger partial charge is 0.269 e. The van der Waals surface area contributed by atoms with Gasteiger partial charge in [0, 0.05) is 11.4 Å². The summed E-state index contributed by atoms with van der Waals surface area (Å²) in [7, 11) is 0. The van der Waals surface area contributed by atoms with E-state index in [0.717, 1.165) is 22.7 Å². The molecule has 16 heavy (non-hydrogen) atoms. The summed E-state index contributed by atoms with van der Waals surface area (Å²) in [5.41, 5.74) is 5.06. The van der Waals surface area contributed by atoms with E-state index in [9.17, 15) is 10.1 Å². The van der Waals surface area contributed by atoms with Gasteiger partial charge in [0.1, 0.15) is 6.20 Å². The highest BCUT2D eigenvalue weighted by Gasteiger charge is 2.12. The number of nitrogens with zero attached hydrogens (tertiary/aromatic N) is 3. The lowest BCUT2D eigenvalue weighted by Gasteiger charge is -2.08. The number of thiazole rings is 1. The molecule has 7 heteroatoms. The number of aryl methyl sites for hydroxylation is 2. The molecular formula is C9H10N4O2S. The van der Waals surface area contributed by atoms with E-state index < -0.39 is 4.92 Å². The first-order chi connectivity index (χ1) is 7.58. The normalized spacial score (nSPS) is 10.4. The van der Waals surface area contributed by atoms with E-state index >= 15 is 0 Å². The fourth-order valence-corrected chi connectivity index (χ4v) is 1.96. The number of nitro groups is 1. The number of hydrogen-bond donors (Lipinski definition) is 1. The van der Waals surface area contributed by atoms with Crippen LogP contribution in [0, 0.1) is 24.0 Å². The number of rotatable bonds is 3. The number of anilines is 1. The maximum atomic E-state index is 10.5.